The molecule has 1 aliphatic rings. The summed E-state index contributed by atoms with van der Waals surface area (Å²) in [4.78, 5) is 0. The molecule has 0 saturated carbocycles. The summed E-state index contributed by atoms with van der Waals surface area (Å²) in [5.74, 6) is 0.731. The summed E-state index contributed by atoms with van der Waals surface area (Å²) in [5, 5.41) is 14.0. The second-order valence-electron chi connectivity index (χ2n) is 4.59. The molecule has 1 saturated heterocycles. The highest BCUT2D eigenvalue weighted by Crippen LogP contribution is 2.39. The van der Waals surface area contributed by atoms with E-state index in [-0.39, 0.29) is 5.75 Å². The summed E-state index contributed by atoms with van der Waals surface area (Å²) in [5.41, 5.74) is 3.17. The summed E-state index contributed by atoms with van der Waals surface area (Å²) < 4.78 is 0. The Morgan fingerprint density at radius 2 is 1.94 bits per heavy atom. The molecule has 0 spiro atoms. The van der Waals surface area contributed by atoms with Gasteiger partial charge in [0.15, 0.2) is 0 Å². The molecule has 2 N–H and O–H groups in total. The van der Waals surface area contributed by atoms with E-state index in [1.807, 2.05) is 13.8 Å². The van der Waals surface area contributed by atoms with Crippen LogP contribution in [0.2, 0.25) is 5.02 Å². The van der Waals surface area contributed by atoms with Crippen LogP contribution in [-0.4, -0.2) is 18.2 Å². The molecular weight excluding hydrogens is 222 g/mol. The van der Waals surface area contributed by atoms with Crippen LogP contribution in [0.15, 0.2) is 6.07 Å². The maximum atomic E-state index is 10.1. The Balaban J connectivity index is 2.40. The van der Waals surface area contributed by atoms with Gasteiger partial charge in [0, 0.05) is 0 Å². The van der Waals surface area contributed by atoms with Gasteiger partial charge in [0.25, 0.3) is 0 Å². The summed E-state index contributed by atoms with van der Waals surface area (Å²) in [6, 6.07) is 2.09. The van der Waals surface area contributed by atoms with Gasteiger partial charge in [-0.1, -0.05) is 17.7 Å². The molecule has 1 aliphatic heterocycles. The van der Waals surface area contributed by atoms with Gasteiger partial charge in [-0.3, -0.25) is 0 Å². The smallest absolute Gasteiger partial charge is 0.137 e. The number of piperidine rings is 1. The number of aromatic hydroxyl groups is 1. The Morgan fingerprint density at radius 3 is 2.56 bits per heavy atom. The van der Waals surface area contributed by atoms with Crippen molar-refractivity contribution in [3.63, 3.8) is 0 Å². The van der Waals surface area contributed by atoms with Crippen LogP contribution in [0, 0.1) is 13.8 Å². The lowest BCUT2D eigenvalue weighted by molar-refractivity contribution is 0.424. The van der Waals surface area contributed by atoms with Crippen molar-refractivity contribution in [2.75, 3.05) is 13.1 Å². The summed E-state index contributed by atoms with van der Waals surface area (Å²) >= 11 is 6.14. The molecule has 0 aliphatic carbocycles. The molecule has 88 valence electrons. The molecule has 2 rings (SSSR count). The fraction of sp³-hybridized carbons (Fsp3) is 0.538. The molecule has 0 unspecified atom stereocenters. The zero-order valence-electron chi connectivity index (χ0n) is 9.81. The van der Waals surface area contributed by atoms with Crippen LogP contribution < -0.4 is 5.32 Å². The van der Waals surface area contributed by atoms with Crippen LogP contribution >= 0.6 is 11.6 Å². The Kier molecular flexibility index (Phi) is 3.41. The standard InChI is InChI=1S/C13H18ClNO/c1-8-7-11(10-3-5-15-6-4-10)13(16)12(14)9(8)2/h7,10,15-16H,3-6H2,1-2H3. The summed E-state index contributed by atoms with van der Waals surface area (Å²) in [6.07, 6.45) is 2.15. The van der Waals surface area contributed by atoms with Crippen molar-refractivity contribution in [3.05, 3.63) is 27.8 Å². The van der Waals surface area contributed by atoms with Gasteiger partial charge in [0.05, 0.1) is 5.02 Å². The van der Waals surface area contributed by atoms with Crippen molar-refractivity contribution in [3.8, 4) is 5.75 Å². The van der Waals surface area contributed by atoms with Gasteiger partial charge in [0.2, 0.25) is 0 Å². The topological polar surface area (TPSA) is 32.3 Å². The molecule has 16 heavy (non-hydrogen) atoms. The number of nitrogens with one attached hydrogen (secondary N) is 1. The van der Waals surface area contributed by atoms with Gasteiger partial charge in [-0.25, -0.2) is 0 Å². The molecule has 1 fully saturated rings. The van der Waals surface area contributed by atoms with Crippen molar-refractivity contribution >= 4 is 11.6 Å². The molecular formula is C13H18ClNO. The fourth-order valence-corrected chi connectivity index (χ4v) is 2.59. The minimum Gasteiger partial charge on any atom is -0.506 e. The average molecular weight is 240 g/mol. The van der Waals surface area contributed by atoms with Gasteiger partial charge < -0.3 is 10.4 Å². The quantitative estimate of drug-likeness (QED) is 0.789. The van der Waals surface area contributed by atoms with Crippen molar-refractivity contribution in [2.45, 2.75) is 32.6 Å². The van der Waals surface area contributed by atoms with Gasteiger partial charge >= 0.3 is 0 Å². The van der Waals surface area contributed by atoms with Gasteiger partial charge in [-0.05, 0) is 62.4 Å². The van der Waals surface area contributed by atoms with Crippen LogP contribution in [0.25, 0.3) is 0 Å². The SMILES string of the molecule is Cc1cc(C2CCNCC2)c(O)c(Cl)c1C. The highest BCUT2D eigenvalue weighted by molar-refractivity contribution is 6.33. The third-order valence-corrected chi connectivity index (χ3v) is 4.02. The monoisotopic (exact) mass is 239 g/mol. The minimum absolute atomic E-state index is 0.289. The molecule has 0 aromatic heterocycles. The van der Waals surface area contributed by atoms with E-state index in [2.05, 4.69) is 11.4 Å². The van der Waals surface area contributed by atoms with Crippen LogP contribution in [-0.2, 0) is 0 Å². The van der Waals surface area contributed by atoms with E-state index in [9.17, 15) is 5.11 Å². The first kappa shape index (κ1) is 11.7. The number of hydrogen-bond donors (Lipinski definition) is 2. The van der Waals surface area contributed by atoms with Gasteiger partial charge in [-0.15, -0.1) is 0 Å². The highest BCUT2D eigenvalue weighted by Gasteiger charge is 2.21. The number of hydrogen-bond acceptors (Lipinski definition) is 2. The molecule has 0 amide bonds. The first-order valence-corrected chi connectivity index (χ1v) is 6.18. The Bertz CT molecular complexity index is 397. The average Bonchev–Trinajstić information content (AvgIpc) is 2.32. The largest absolute Gasteiger partial charge is 0.506 e. The zero-order valence-corrected chi connectivity index (χ0v) is 10.6. The maximum absolute atomic E-state index is 10.1. The summed E-state index contributed by atoms with van der Waals surface area (Å²) in [6.45, 7) is 6.04. The van der Waals surface area contributed by atoms with Crippen molar-refractivity contribution < 1.29 is 5.11 Å². The van der Waals surface area contributed by atoms with E-state index in [0.29, 0.717) is 10.9 Å². The van der Waals surface area contributed by atoms with E-state index >= 15 is 0 Å². The fourth-order valence-electron chi connectivity index (χ4n) is 2.33. The number of aryl methyl sites for hydroxylation is 1. The molecule has 3 heteroatoms. The first-order chi connectivity index (χ1) is 7.61. The summed E-state index contributed by atoms with van der Waals surface area (Å²) in [7, 11) is 0. The minimum atomic E-state index is 0.289. The van der Waals surface area contributed by atoms with E-state index in [1.165, 1.54) is 0 Å². The molecule has 2 nitrogen and oxygen atoms in total. The second-order valence-corrected chi connectivity index (χ2v) is 4.97. The number of phenolic OH excluding ortho intramolecular Hbond substituents is 1. The lowest BCUT2D eigenvalue weighted by Crippen LogP contribution is -2.26. The maximum Gasteiger partial charge on any atom is 0.137 e. The number of rotatable bonds is 1. The highest BCUT2D eigenvalue weighted by atomic mass is 35.5. The van der Waals surface area contributed by atoms with Crippen LogP contribution in [0.3, 0.4) is 0 Å². The molecule has 1 aromatic rings. The molecule has 0 atom stereocenters. The third kappa shape index (κ3) is 2.04. The van der Waals surface area contributed by atoms with E-state index in [1.54, 1.807) is 0 Å². The zero-order chi connectivity index (χ0) is 11.7. The number of phenols is 1. The predicted octanol–water partition coefficient (Wildman–Crippen LogP) is 3.13. The normalized spacial score (nSPS) is 17.7. The predicted molar refractivity (Wildman–Crippen MR) is 67.4 cm³/mol. The van der Waals surface area contributed by atoms with Crippen molar-refractivity contribution in [2.24, 2.45) is 0 Å². The molecule has 0 bridgehead atoms. The van der Waals surface area contributed by atoms with E-state index in [4.69, 9.17) is 11.6 Å². The Labute approximate surface area is 102 Å². The molecule has 1 aromatic carbocycles. The van der Waals surface area contributed by atoms with Crippen molar-refractivity contribution in [1.82, 2.24) is 5.32 Å². The lowest BCUT2D eigenvalue weighted by atomic mass is 9.88. The number of benzene rings is 1. The van der Waals surface area contributed by atoms with Crippen molar-refractivity contribution in [1.29, 1.82) is 0 Å². The second kappa shape index (κ2) is 4.64. The van der Waals surface area contributed by atoms with Crippen LogP contribution in [0.1, 0.15) is 35.4 Å². The van der Waals surface area contributed by atoms with Gasteiger partial charge in [0.1, 0.15) is 5.75 Å². The third-order valence-electron chi connectivity index (χ3n) is 3.55. The Morgan fingerprint density at radius 1 is 1.31 bits per heavy atom. The van der Waals surface area contributed by atoms with Crippen LogP contribution in [0.5, 0.6) is 5.75 Å². The van der Waals surface area contributed by atoms with E-state index < -0.39 is 0 Å². The van der Waals surface area contributed by atoms with E-state index in [0.717, 1.165) is 42.6 Å². The molecule has 1 heterocycles. The lowest BCUT2D eigenvalue weighted by Gasteiger charge is -2.25. The first-order valence-electron chi connectivity index (χ1n) is 5.80. The Hall–Kier alpha value is -0.730. The molecule has 0 radical (unpaired) electrons. The van der Waals surface area contributed by atoms with Gasteiger partial charge in [-0.2, -0.15) is 0 Å². The number of halogens is 1. The van der Waals surface area contributed by atoms with Crippen LogP contribution in [0.4, 0.5) is 0 Å².